The summed E-state index contributed by atoms with van der Waals surface area (Å²) in [5, 5.41) is 9.31. The van der Waals surface area contributed by atoms with Crippen molar-refractivity contribution in [3.05, 3.63) is 26.4 Å². The Morgan fingerprint density at radius 2 is 1.95 bits per heavy atom. The number of ether oxygens (including phenoxy) is 1. The molecule has 21 heavy (non-hydrogen) atoms. The highest BCUT2D eigenvalue weighted by atomic mass is 16.5. The first kappa shape index (κ1) is 15.3. The number of hydrogen-bond donors (Lipinski definition) is 0. The number of hydrogen-bond acceptors (Lipinski definition) is 5. The zero-order valence-electron chi connectivity index (χ0n) is 12.8. The Morgan fingerprint density at radius 3 is 2.52 bits per heavy atom. The summed E-state index contributed by atoms with van der Waals surface area (Å²) in [6.45, 7) is 3.36. The second-order valence-electron chi connectivity index (χ2n) is 5.50. The number of methoxy groups -OCH3 is 1. The third-order valence-corrected chi connectivity index (χ3v) is 4.24. The van der Waals surface area contributed by atoms with Crippen molar-refractivity contribution >= 4 is 5.82 Å². The molecule has 1 aromatic rings. The summed E-state index contributed by atoms with van der Waals surface area (Å²) in [6.07, 6.45) is 0.900. The Morgan fingerprint density at radius 1 is 1.29 bits per heavy atom. The van der Waals surface area contributed by atoms with Gasteiger partial charge in [0.05, 0.1) is 6.10 Å². The van der Waals surface area contributed by atoms with Gasteiger partial charge in [0.15, 0.2) is 5.56 Å². The first-order valence-electron chi connectivity index (χ1n) is 6.90. The number of aromatic nitrogens is 2. The number of nitrogens with zero attached hydrogens (tertiary/aromatic N) is 4. The average Bonchev–Trinajstić information content (AvgIpc) is 2.49. The molecule has 0 spiro atoms. The van der Waals surface area contributed by atoms with Crippen LogP contribution in [-0.2, 0) is 18.8 Å². The standard InChI is InChI=1S/C14H20N4O3/c1-9-5-6-18(8-11(9)21-4)12-10(7-15)13(19)17(3)14(20)16(12)2/h9,11H,5-6,8H2,1-4H3. The van der Waals surface area contributed by atoms with Crippen molar-refractivity contribution in [2.75, 3.05) is 25.1 Å². The van der Waals surface area contributed by atoms with Crippen molar-refractivity contribution in [3.8, 4) is 6.07 Å². The van der Waals surface area contributed by atoms with E-state index in [1.807, 2.05) is 11.0 Å². The number of anilines is 1. The largest absolute Gasteiger partial charge is 0.379 e. The van der Waals surface area contributed by atoms with Crippen molar-refractivity contribution in [1.29, 1.82) is 5.26 Å². The predicted molar refractivity (Wildman–Crippen MR) is 78.4 cm³/mol. The summed E-state index contributed by atoms with van der Waals surface area (Å²) >= 11 is 0. The Labute approximate surface area is 123 Å². The maximum absolute atomic E-state index is 12.1. The fraction of sp³-hybridized carbons (Fsp3) is 0.643. The molecular weight excluding hydrogens is 272 g/mol. The molecule has 0 aliphatic carbocycles. The summed E-state index contributed by atoms with van der Waals surface area (Å²) in [4.78, 5) is 26.1. The third kappa shape index (κ3) is 2.47. The van der Waals surface area contributed by atoms with E-state index in [0.717, 1.165) is 11.0 Å². The van der Waals surface area contributed by atoms with Gasteiger partial charge >= 0.3 is 5.69 Å². The highest BCUT2D eigenvalue weighted by Crippen LogP contribution is 2.25. The van der Waals surface area contributed by atoms with Gasteiger partial charge in [-0.25, -0.2) is 4.79 Å². The van der Waals surface area contributed by atoms with Gasteiger partial charge in [-0.1, -0.05) is 6.92 Å². The summed E-state index contributed by atoms with van der Waals surface area (Å²) in [5.74, 6) is 0.792. The lowest BCUT2D eigenvalue weighted by Gasteiger charge is -2.38. The van der Waals surface area contributed by atoms with Crippen LogP contribution in [0.1, 0.15) is 18.9 Å². The molecule has 2 heterocycles. The average molecular weight is 292 g/mol. The van der Waals surface area contributed by atoms with Crippen LogP contribution in [-0.4, -0.2) is 35.4 Å². The smallest absolute Gasteiger partial charge is 0.332 e. The molecule has 2 atom stereocenters. The Hall–Kier alpha value is -2.07. The van der Waals surface area contributed by atoms with Gasteiger partial charge in [0.2, 0.25) is 0 Å². The minimum atomic E-state index is -0.553. The molecule has 1 aromatic heterocycles. The van der Waals surface area contributed by atoms with Crippen LogP contribution in [0, 0.1) is 17.2 Å². The number of nitriles is 1. The molecule has 7 heteroatoms. The fourth-order valence-corrected chi connectivity index (χ4v) is 2.83. The molecule has 0 saturated carbocycles. The van der Waals surface area contributed by atoms with E-state index in [4.69, 9.17) is 4.74 Å². The highest BCUT2D eigenvalue weighted by Gasteiger charge is 2.30. The molecule has 2 unspecified atom stereocenters. The molecule has 1 aliphatic heterocycles. The molecule has 1 aliphatic rings. The van der Waals surface area contributed by atoms with Crippen molar-refractivity contribution in [3.63, 3.8) is 0 Å². The van der Waals surface area contributed by atoms with Crippen LogP contribution < -0.4 is 16.1 Å². The van der Waals surface area contributed by atoms with E-state index >= 15 is 0 Å². The zero-order valence-corrected chi connectivity index (χ0v) is 12.8. The van der Waals surface area contributed by atoms with E-state index in [2.05, 4.69) is 6.92 Å². The Bertz CT molecular complexity index is 698. The van der Waals surface area contributed by atoms with Gasteiger partial charge in [-0.05, 0) is 12.3 Å². The molecule has 7 nitrogen and oxygen atoms in total. The van der Waals surface area contributed by atoms with Crippen molar-refractivity contribution < 1.29 is 4.74 Å². The predicted octanol–water partition coefficient (Wildman–Crippen LogP) is -0.183. The van der Waals surface area contributed by atoms with Crippen LogP contribution in [0.2, 0.25) is 0 Å². The van der Waals surface area contributed by atoms with Crippen LogP contribution in [0.5, 0.6) is 0 Å². The summed E-state index contributed by atoms with van der Waals surface area (Å²) in [7, 11) is 4.61. The quantitative estimate of drug-likeness (QED) is 0.755. The number of rotatable bonds is 2. The molecule has 1 fully saturated rings. The fourth-order valence-electron chi connectivity index (χ4n) is 2.83. The van der Waals surface area contributed by atoms with Gasteiger partial charge in [-0.2, -0.15) is 5.26 Å². The van der Waals surface area contributed by atoms with E-state index < -0.39 is 11.2 Å². The highest BCUT2D eigenvalue weighted by molar-refractivity contribution is 5.54. The monoisotopic (exact) mass is 292 g/mol. The number of piperidine rings is 1. The van der Waals surface area contributed by atoms with Crippen LogP contribution in [0.25, 0.3) is 0 Å². The minimum Gasteiger partial charge on any atom is -0.379 e. The van der Waals surface area contributed by atoms with E-state index in [9.17, 15) is 14.9 Å². The lowest BCUT2D eigenvalue weighted by atomic mass is 9.95. The van der Waals surface area contributed by atoms with Crippen molar-refractivity contribution in [2.24, 2.45) is 20.0 Å². The van der Waals surface area contributed by atoms with Gasteiger partial charge in [-0.3, -0.25) is 13.9 Å². The second kappa shape index (κ2) is 5.74. The Kier molecular flexibility index (Phi) is 4.19. The lowest BCUT2D eigenvalue weighted by molar-refractivity contribution is 0.0494. The second-order valence-corrected chi connectivity index (χ2v) is 5.50. The van der Waals surface area contributed by atoms with E-state index in [1.165, 1.54) is 11.6 Å². The maximum Gasteiger partial charge on any atom is 0.332 e. The minimum absolute atomic E-state index is 0.00371. The van der Waals surface area contributed by atoms with Crippen LogP contribution in [0.4, 0.5) is 5.82 Å². The summed E-state index contributed by atoms with van der Waals surface area (Å²) in [6, 6.07) is 1.94. The lowest BCUT2D eigenvalue weighted by Crippen LogP contribution is -2.48. The molecule has 0 amide bonds. The summed E-state index contributed by atoms with van der Waals surface area (Å²) < 4.78 is 7.78. The van der Waals surface area contributed by atoms with Gasteiger partial charge in [0.1, 0.15) is 11.9 Å². The van der Waals surface area contributed by atoms with E-state index in [-0.39, 0.29) is 11.7 Å². The molecule has 114 valence electrons. The van der Waals surface area contributed by atoms with Crippen LogP contribution in [0.3, 0.4) is 0 Å². The normalized spacial score (nSPS) is 22.1. The van der Waals surface area contributed by atoms with Gasteiger partial charge in [0.25, 0.3) is 5.56 Å². The third-order valence-electron chi connectivity index (χ3n) is 4.24. The first-order chi connectivity index (χ1) is 9.92. The molecule has 0 N–H and O–H groups in total. The van der Waals surface area contributed by atoms with Crippen LogP contribution >= 0.6 is 0 Å². The van der Waals surface area contributed by atoms with E-state index in [1.54, 1.807) is 14.2 Å². The van der Waals surface area contributed by atoms with Crippen LogP contribution in [0.15, 0.2) is 9.59 Å². The molecule has 1 saturated heterocycles. The molecule has 0 radical (unpaired) electrons. The molecule has 2 rings (SSSR count). The molecular formula is C14H20N4O3. The topological polar surface area (TPSA) is 80.3 Å². The SMILES string of the molecule is COC1CN(c2c(C#N)c(=O)n(C)c(=O)n2C)CCC1C. The molecule has 0 bridgehead atoms. The zero-order chi connectivity index (χ0) is 15.7. The van der Waals surface area contributed by atoms with Crippen molar-refractivity contribution in [2.45, 2.75) is 19.4 Å². The van der Waals surface area contributed by atoms with E-state index in [0.29, 0.717) is 24.8 Å². The van der Waals surface area contributed by atoms with Gasteiger partial charge < -0.3 is 9.64 Å². The Balaban J connectivity index is 2.57. The molecule has 0 aromatic carbocycles. The first-order valence-corrected chi connectivity index (χ1v) is 6.90. The van der Waals surface area contributed by atoms with Crippen molar-refractivity contribution in [1.82, 2.24) is 9.13 Å². The summed E-state index contributed by atoms with van der Waals surface area (Å²) in [5.41, 5.74) is -0.978. The van der Waals surface area contributed by atoms with Gasteiger partial charge in [-0.15, -0.1) is 0 Å². The van der Waals surface area contributed by atoms with Gasteiger partial charge in [0, 0.05) is 34.3 Å². The maximum atomic E-state index is 12.1.